The minimum atomic E-state index is 0.879. The third kappa shape index (κ3) is 2.94. The smallest absolute Gasteiger partial charge is 0.138 e. The van der Waals surface area contributed by atoms with Gasteiger partial charge in [-0.25, -0.2) is 4.98 Å². The van der Waals surface area contributed by atoms with Crippen LogP contribution in [0, 0.1) is 20.8 Å². The lowest BCUT2D eigenvalue weighted by Crippen LogP contribution is -2.01. The molecule has 0 spiro atoms. The Morgan fingerprint density at radius 2 is 1.84 bits per heavy atom. The Balaban J connectivity index is 2.00. The molecule has 2 nitrogen and oxygen atoms in total. The molecule has 0 bridgehead atoms. The predicted molar refractivity (Wildman–Crippen MR) is 110 cm³/mol. The summed E-state index contributed by atoms with van der Waals surface area (Å²) in [6, 6.07) is 13.0. The van der Waals surface area contributed by atoms with Crippen LogP contribution in [0.25, 0.3) is 16.9 Å². The largest absolute Gasteiger partial charge is 0.299 e. The molecule has 0 fully saturated rings. The van der Waals surface area contributed by atoms with Crippen molar-refractivity contribution in [3.63, 3.8) is 0 Å². The Labute approximate surface area is 160 Å². The first-order valence-electron chi connectivity index (χ1n) is 8.29. The molecule has 0 aliphatic carbocycles. The average molecular weight is 411 g/mol. The monoisotopic (exact) mass is 410 g/mol. The number of thiophene rings is 1. The third-order valence-electron chi connectivity index (χ3n) is 4.62. The maximum atomic E-state index is 5.00. The molecule has 0 atom stereocenters. The van der Waals surface area contributed by atoms with Gasteiger partial charge in [0, 0.05) is 22.2 Å². The number of halogens is 1. The fourth-order valence-corrected chi connectivity index (χ4v) is 4.24. The second-order valence-corrected chi connectivity index (χ2v) is 8.07. The van der Waals surface area contributed by atoms with E-state index in [1.807, 2.05) is 0 Å². The summed E-state index contributed by atoms with van der Waals surface area (Å²) >= 11 is 5.48. The Kier molecular flexibility index (Phi) is 4.26. The van der Waals surface area contributed by atoms with Crippen LogP contribution in [0.2, 0.25) is 0 Å². The van der Waals surface area contributed by atoms with Crippen molar-refractivity contribution in [1.29, 1.82) is 0 Å². The molecule has 126 valence electrons. The molecule has 25 heavy (non-hydrogen) atoms. The molecule has 0 saturated carbocycles. The summed E-state index contributed by atoms with van der Waals surface area (Å²) in [7, 11) is 0. The van der Waals surface area contributed by atoms with Crippen molar-refractivity contribution < 1.29 is 0 Å². The lowest BCUT2D eigenvalue weighted by atomic mass is 10.0. The summed E-state index contributed by atoms with van der Waals surface area (Å²) in [5.74, 6) is 0. The molecule has 4 aromatic rings. The van der Waals surface area contributed by atoms with Crippen LogP contribution in [0.15, 0.2) is 51.6 Å². The van der Waals surface area contributed by atoms with E-state index in [2.05, 4.69) is 88.3 Å². The average Bonchev–Trinajstić information content (AvgIpc) is 3.22. The molecule has 3 aromatic heterocycles. The summed E-state index contributed by atoms with van der Waals surface area (Å²) in [6.45, 7) is 6.39. The number of rotatable bonds is 3. The Morgan fingerprint density at radius 3 is 2.52 bits per heavy atom. The zero-order chi connectivity index (χ0) is 17.6. The summed E-state index contributed by atoms with van der Waals surface area (Å²) in [4.78, 5) is 5.00. The minimum Gasteiger partial charge on any atom is -0.299 e. The molecule has 0 radical (unpaired) electrons. The molecule has 3 heterocycles. The molecule has 0 N–H and O–H groups in total. The van der Waals surface area contributed by atoms with Crippen molar-refractivity contribution in [2.45, 2.75) is 27.2 Å². The highest BCUT2D eigenvalue weighted by Gasteiger charge is 2.18. The van der Waals surface area contributed by atoms with Crippen LogP contribution in [-0.4, -0.2) is 9.38 Å². The first-order chi connectivity index (χ1) is 12.0. The van der Waals surface area contributed by atoms with E-state index in [1.165, 1.54) is 33.6 Å². The number of hydrogen-bond acceptors (Lipinski definition) is 2. The van der Waals surface area contributed by atoms with Gasteiger partial charge in [0.05, 0.1) is 11.4 Å². The molecular weight excluding hydrogens is 392 g/mol. The number of fused-ring (bicyclic) bond motifs is 1. The van der Waals surface area contributed by atoms with Crippen LogP contribution in [0.4, 0.5) is 0 Å². The van der Waals surface area contributed by atoms with Crippen LogP contribution in [0.5, 0.6) is 0 Å². The fraction of sp³-hybridized carbons (Fsp3) is 0.190. The SMILES string of the molecule is Cc1ccc(-c2nc3cc(C)c(Br)c(C)n3c2Cc2ccsc2)cc1. The van der Waals surface area contributed by atoms with Gasteiger partial charge in [0.15, 0.2) is 0 Å². The summed E-state index contributed by atoms with van der Waals surface area (Å²) in [5.41, 5.74) is 9.52. The second kappa shape index (κ2) is 6.43. The van der Waals surface area contributed by atoms with E-state index in [0.717, 1.165) is 22.2 Å². The Hall–Kier alpha value is -1.91. The van der Waals surface area contributed by atoms with Crippen molar-refractivity contribution in [3.05, 3.63) is 79.7 Å². The van der Waals surface area contributed by atoms with Crippen molar-refractivity contribution in [3.8, 4) is 11.3 Å². The number of pyridine rings is 1. The van der Waals surface area contributed by atoms with Gasteiger partial charge in [-0.05, 0) is 70.7 Å². The van der Waals surface area contributed by atoms with Gasteiger partial charge < -0.3 is 0 Å². The Bertz CT molecular complexity index is 1040. The van der Waals surface area contributed by atoms with Gasteiger partial charge >= 0.3 is 0 Å². The second-order valence-electron chi connectivity index (χ2n) is 6.50. The molecule has 4 rings (SSSR count). The van der Waals surface area contributed by atoms with Gasteiger partial charge in [-0.15, -0.1) is 0 Å². The minimum absolute atomic E-state index is 0.879. The third-order valence-corrected chi connectivity index (χ3v) is 6.55. The van der Waals surface area contributed by atoms with Crippen molar-refractivity contribution in [2.75, 3.05) is 0 Å². The van der Waals surface area contributed by atoms with Crippen LogP contribution in [0.3, 0.4) is 0 Å². The summed E-state index contributed by atoms with van der Waals surface area (Å²) in [5, 5.41) is 4.36. The van der Waals surface area contributed by atoms with Gasteiger partial charge in [0.25, 0.3) is 0 Å². The van der Waals surface area contributed by atoms with Crippen LogP contribution in [0.1, 0.15) is 28.1 Å². The zero-order valence-corrected chi connectivity index (χ0v) is 16.9. The molecule has 0 aliphatic heterocycles. The van der Waals surface area contributed by atoms with E-state index in [9.17, 15) is 0 Å². The van der Waals surface area contributed by atoms with E-state index in [0.29, 0.717) is 0 Å². The molecule has 0 saturated heterocycles. The molecule has 0 aliphatic rings. The highest BCUT2D eigenvalue weighted by molar-refractivity contribution is 9.10. The van der Waals surface area contributed by atoms with Crippen molar-refractivity contribution in [2.24, 2.45) is 0 Å². The highest BCUT2D eigenvalue weighted by atomic mass is 79.9. The number of aromatic nitrogens is 2. The van der Waals surface area contributed by atoms with E-state index in [4.69, 9.17) is 4.98 Å². The molecule has 0 amide bonds. The van der Waals surface area contributed by atoms with Crippen molar-refractivity contribution in [1.82, 2.24) is 9.38 Å². The number of benzene rings is 1. The molecular formula is C21H19BrN2S. The van der Waals surface area contributed by atoms with Gasteiger partial charge in [-0.1, -0.05) is 29.8 Å². The van der Waals surface area contributed by atoms with Crippen molar-refractivity contribution >= 4 is 32.9 Å². The fourth-order valence-electron chi connectivity index (χ4n) is 3.28. The topological polar surface area (TPSA) is 17.3 Å². The standard InChI is InChI=1S/C21H19BrN2S/c1-13-4-6-17(7-5-13)21-18(11-16-8-9-25-12-16)24-15(3)20(22)14(2)10-19(24)23-21/h4-10,12H,11H2,1-3H3. The van der Waals surface area contributed by atoms with Gasteiger partial charge in [-0.3, -0.25) is 4.40 Å². The molecule has 0 unspecified atom stereocenters. The maximum Gasteiger partial charge on any atom is 0.138 e. The number of nitrogens with zero attached hydrogens (tertiary/aromatic N) is 2. The summed E-state index contributed by atoms with van der Waals surface area (Å²) in [6.07, 6.45) is 0.879. The lowest BCUT2D eigenvalue weighted by Gasteiger charge is -2.10. The van der Waals surface area contributed by atoms with Gasteiger partial charge in [-0.2, -0.15) is 11.3 Å². The number of imidazole rings is 1. The van der Waals surface area contributed by atoms with E-state index < -0.39 is 0 Å². The van der Waals surface area contributed by atoms with Crippen LogP contribution in [-0.2, 0) is 6.42 Å². The lowest BCUT2D eigenvalue weighted by molar-refractivity contribution is 0.974. The van der Waals surface area contributed by atoms with Crippen LogP contribution < -0.4 is 0 Å². The molecule has 4 heteroatoms. The maximum absolute atomic E-state index is 5.00. The van der Waals surface area contributed by atoms with Gasteiger partial charge in [0.2, 0.25) is 0 Å². The molecule has 1 aromatic carbocycles. The first-order valence-corrected chi connectivity index (χ1v) is 10.0. The van der Waals surface area contributed by atoms with Crippen LogP contribution >= 0.6 is 27.3 Å². The first kappa shape index (κ1) is 16.6. The van der Waals surface area contributed by atoms with E-state index in [-0.39, 0.29) is 0 Å². The van der Waals surface area contributed by atoms with E-state index >= 15 is 0 Å². The number of hydrogen-bond donors (Lipinski definition) is 0. The Morgan fingerprint density at radius 1 is 1.08 bits per heavy atom. The predicted octanol–water partition coefficient (Wildman–Crippen LogP) is 6.34. The quantitative estimate of drug-likeness (QED) is 0.384. The van der Waals surface area contributed by atoms with Gasteiger partial charge in [0.1, 0.15) is 5.65 Å². The number of aryl methyl sites for hydroxylation is 3. The van der Waals surface area contributed by atoms with E-state index in [1.54, 1.807) is 11.3 Å². The zero-order valence-electron chi connectivity index (χ0n) is 14.5. The summed E-state index contributed by atoms with van der Waals surface area (Å²) < 4.78 is 3.45. The highest BCUT2D eigenvalue weighted by Crippen LogP contribution is 2.31. The normalized spacial score (nSPS) is 11.4.